The molecule has 0 bridgehead atoms. The van der Waals surface area contributed by atoms with Gasteiger partial charge < -0.3 is 10.1 Å². The lowest BCUT2D eigenvalue weighted by molar-refractivity contribution is 0.144. The van der Waals surface area contributed by atoms with Crippen molar-refractivity contribution < 1.29 is 4.74 Å². The molecule has 1 aromatic rings. The van der Waals surface area contributed by atoms with Crippen molar-refractivity contribution in [3.05, 3.63) is 30.1 Å². The highest BCUT2D eigenvalue weighted by molar-refractivity contribution is 5.07. The summed E-state index contributed by atoms with van der Waals surface area (Å²) in [4.78, 5) is 6.64. The molecule has 0 amide bonds. The van der Waals surface area contributed by atoms with E-state index in [-0.39, 0.29) is 0 Å². The molecular weight excluding hydrogens is 226 g/mol. The first-order chi connectivity index (χ1) is 8.90. The number of aromatic nitrogens is 1. The summed E-state index contributed by atoms with van der Waals surface area (Å²) in [7, 11) is 1.77. The third-order valence-corrected chi connectivity index (χ3v) is 3.27. The van der Waals surface area contributed by atoms with E-state index in [0.717, 1.165) is 38.8 Å². The highest BCUT2D eigenvalue weighted by atomic mass is 16.5. The van der Waals surface area contributed by atoms with Gasteiger partial charge in [0.25, 0.3) is 0 Å². The number of nitrogens with zero attached hydrogens (tertiary/aromatic N) is 2. The van der Waals surface area contributed by atoms with Gasteiger partial charge in [0.2, 0.25) is 0 Å². The Morgan fingerprint density at radius 3 is 3.00 bits per heavy atom. The van der Waals surface area contributed by atoms with Gasteiger partial charge in [0.15, 0.2) is 0 Å². The van der Waals surface area contributed by atoms with E-state index in [0.29, 0.717) is 0 Å². The number of nitrogens with one attached hydrogen (secondary N) is 1. The van der Waals surface area contributed by atoms with Crippen LogP contribution in [0.3, 0.4) is 0 Å². The largest absolute Gasteiger partial charge is 0.383 e. The van der Waals surface area contributed by atoms with E-state index in [4.69, 9.17) is 4.74 Å². The zero-order chi connectivity index (χ0) is 12.6. The lowest BCUT2D eigenvalue weighted by Gasteiger charge is -2.21. The molecule has 1 N–H and O–H groups in total. The van der Waals surface area contributed by atoms with Gasteiger partial charge in [-0.3, -0.25) is 9.88 Å². The molecular formula is C14H23N3O. The molecule has 0 saturated heterocycles. The van der Waals surface area contributed by atoms with Crippen molar-refractivity contribution in [2.24, 2.45) is 0 Å². The number of ether oxygens (including phenoxy) is 1. The van der Waals surface area contributed by atoms with Crippen LogP contribution in [0.1, 0.15) is 18.4 Å². The molecule has 4 nitrogen and oxygen atoms in total. The summed E-state index contributed by atoms with van der Waals surface area (Å²) in [5.41, 5.74) is 1.24. The molecule has 1 fully saturated rings. The quantitative estimate of drug-likeness (QED) is 0.669. The zero-order valence-corrected chi connectivity index (χ0v) is 11.1. The van der Waals surface area contributed by atoms with Crippen LogP contribution in [0.5, 0.6) is 0 Å². The van der Waals surface area contributed by atoms with Gasteiger partial charge in [-0.15, -0.1) is 0 Å². The molecule has 0 unspecified atom stereocenters. The van der Waals surface area contributed by atoms with E-state index >= 15 is 0 Å². The van der Waals surface area contributed by atoms with Crippen LogP contribution < -0.4 is 5.32 Å². The van der Waals surface area contributed by atoms with Gasteiger partial charge in [0.05, 0.1) is 6.61 Å². The minimum Gasteiger partial charge on any atom is -0.383 e. The molecule has 0 aromatic carbocycles. The van der Waals surface area contributed by atoms with Crippen LogP contribution in [0.25, 0.3) is 0 Å². The Hall–Kier alpha value is -0.970. The summed E-state index contributed by atoms with van der Waals surface area (Å²) >= 11 is 0. The van der Waals surface area contributed by atoms with Crippen LogP contribution in [0.15, 0.2) is 24.5 Å². The Morgan fingerprint density at radius 2 is 2.33 bits per heavy atom. The number of rotatable bonds is 9. The third kappa shape index (κ3) is 4.72. The van der Waals surface area contributed by atoms with Gasteiger partial charge in [-0.05, 0) is 24.5 Å². The maximum absolute atomic E-state index is 5.16. The van der Waals surface area contributed by atoms with Gasteiger partial charge in [0.1, 0.15) is 0 Å². The Bertz CT molecular complexity index is 327. The van der Waals surface area contributed by atoms with Crippen LogP contribution in [0.4, 0.5) is 0 Å². The summed E-state index contributed by atoms with van der Waals surface area (Å²) in [6.45, 7) is 4.91. The van der Waals surface area contributed by atoms with E-state index in [1.54, 1.807) is 7.11 Å². The van der Waals surface area contributed by atoms with Crippen molar-refractivity contribution in [3.63, 3.8) is 0 Å². The molecule has 0 atom stereocenters. The lowest BCUT2D eigenvalue weighted by atomic mass is 10.3. The highest BCUT2D eigenvalue weighted by Crippen LogP contribution is 2.25. The maximum Gasteiger partial charge on any atom is 0.0589 e. The average molecular weight is 249 g/mol. The molecule has 2 rings (SSSR count). The van der Waals surface area contributed by atoms with Gasteiger partial charge in [-0.2, -0.15) is 0 Å². The van der Waals surface area contributed by atoms with E-state index in [9.17, 15) is 0 Å². The second kappa shape index (κ2) is 7.46. The van der Waals surface area contributed by atoms with Crippen LogP contribution >= 0.6 is 0 Å². The summed E-state index contributed by atoms with van der Waals surface area (Å²) in [6.07, 6.45) is 6.43. The zero-order valence-electron chi connectivity index (χ0n) is 11.1. The summed E-state index contributed by atoms with van der Waals surface area (Å²) in [5.74, 6) is 0. The summed E-state index contributed by atoms with van der Waals surface area (Å²) in [5, 5.41) is 3.47. The van der Waals surface area contributed by atoms with Crippen molar-refractivity contribution in [1.82, 2.24) is 15.2 Å². The molecule has 0 spiro atoms. The smallest absolute Gasteiger partial charge is 0.0589 e. The molecule has 0 aliphatic heterocycles. The number of methoxy groups -OCH3 is 1. The molecule has 1 aromatic heterocycles. The molecule has 0 radical (unpaired) electrons. The van der Waals surface area contributed by atoms with Gasteiger partial charge in [-0.25, -0.2) is 0 Å². The topological polar surface area (TPSA) is 37.4 Å². The van der Waals surface area contributed by atoms with Crippen molar-refractivity contribution in [2.45, 2.75) is 25.4 Å². The van der Waals surface area contributed by atoms with E-state index < -0.39 is 0 Å². The van der Waals surface area contributed by atoms with E-state index in [1.807, 2.05) is 18.5 Å². The Balaban J connectivity index is 1.61. The standard InChI is InChI=1S/C14H23N3O/c1-18-10-9-17(14-4-5-14)8-7-16-12-13-3-2-6-15-11-13/h2-3,6,11,14,16H,4-5,7-10,12H2,1H3. The van der Waals surface area contributed by atoms with Crippen LogP contribution in [0, 0.1) is 0 Å². The fourth-order valence-corrected chi connectivity index (χ4v) is 2.08. The first-order valence-corrected chi connectivity index (χ1v) is 6.73. The molecule has 4 heteroatoms. The van der Waals surface area contributed by atoms with Gasteiger partial charge >= 0.3 is 0 Å². The number of hydrogen-bond acceptors (Lipinski definition) is 4. The molecule has 1 aliphatic rings. The van der Waals surface area contributed by atoms with Crippen LogP contribution in [-0.4, -0.2) is 49.3 Å². The SMILES string of the molecule is COCCN(CCNCc1cccnc1)C1CC1. The number of pyridine rings is 1. The normalized spacial score (nSPS) is 15.2. The molecule has 1 aliphatic carbocycles. The fraction of sp³-hybridized carbons (Fsp3) is 0.643. The lowest BCUT2D eigenvalue weighted by Crippen LogP contribution is -2.35. The summed E-state index contributed by atoms with van der Waals surface area (Å²) in [6, 6.07) is 4.88. The second-order valence-corrected chi connectivity index (χ2v) is 4.80. The average Bonchev–Trinajstić information content (AvgIpc) is 3.23. The minimum atomic E-state index is 0.806. The minimum absolute atomic E-state index is 0.806. The third-order valence-electron chi connectivity index (χ3n) is 3.27. The van der Waals surface area contributed by atoms with Gasteiger partial charge in [0, 0.05) is 51.7 Å². The maximum atomic E-state index is 5.16. The van der Waals surface area contributed by atoms with Gasteiger partial charge in [-0.1, -0.05) is 6.07 Å². The Morgan fingerprint density at radius 1 is 1.44 bits per heavy atom. The second-order valence-electron chi connectivity index (χ2n) is 4.80. The van der Waals surface area contributed by atoms with Crippen molar-refractivity contribution in [1.29, 1.82) is 0 Å². The predicted octanol–water partition coefficient (Wildman–Crippen LogP) is 1.28. The van der Waals surface area contributed by atoms with Crippen LogP contribution in [-0.2, 0) is 11.3 Å². The first kappa shape index (κ1) is 13.5. The number of hydrogen-bond donors (Lipinski definition) is 1. The monoisotopic (exact) mass is 249 g/mol. The fourth-order valence-electron chi connectivity index (χ4n) is 2.08. The van der Waals surface area contributed by atoms with Crippen molar-refractivity contribution in [3.8, 4) is 0 Å². The molecule has 1 saturated carbocycles. The van der Waals surface area contributed by atoms with Crippen LogP contribution in [0.2, 0.25) is 0 Å². The highest BCUT2D eigenvalue weighted by Gasteiger charge is 2.27. The summed E-state index contributed by atoms with van der Waals surface area (Å²) < 4.78 is 5.16. The van der Waals surface area contributed by atoms with Crippen molar-refractivity contribution in [2.75, 3.05) is 33.4 Å². The molecule has 100 valence electrons. The predicted molar refractivity (Wildman–Crippen MR) is 72.4 cm³/mol. The van der Waals surface area contributed by atoms with Crippen molar-refractivity contribution >= 4 is 0 Å². The van der Waals surface area contributed by atoms with E-state index in [1.165, 1.54) is 18.4 Å². The Kier molecular flexibility index (Phi) is 5.58. The molecule has 18 heavy (non-hydrogen) atoms. The Labute approximate surface area is 109 Å². The van der Waals surface area contributed by atoms with E-state index in [2.05, 4.69) is 21.3 Å². The first-order valence-electron chi connectivity index (χ1n) is 6.73. The molecule has 1 heterocycles.